The molecular weight excluding hydrogens is 337 g/mol. The van der Waals surface area contributed by atoms with Gasteiger partial charge in [0.15, 0.2) is 0 Å². The van der Waals surface area contributed by atoms with Crippen molar-refractivity contribution in [2.45, 2.75) is 13.5 Å². The molecule has 0 atom stereocenters. The number of methoxy groups -OCH3 is 2. The summed E-state index contributed by atoms with van der Waals surface area (Å²) in [5, 5.41) is 3.23. The smallest absolute Gasteiger partial charge is 0.139 e. The van der Waals surface area contributed by atoms with E-state index in [1.54, 1.807) is 20.3 Å². The van der Waals surface area contributed by atoms with Gasteiger partial charge in [0.05, 0.1) is 18.7 Å². The van der Waals surface area contributed by atoms with Crippen LogP contribution in [-0.4, -0.2) is 14.2 Å². The predicted octanol–water partition coefficient (Wildman–Crippen LogP) is 4.53. The van der Waals surface area contributed by atoms with Crippen LogP contribution in [0.2, 0.25) is 0 Å². The molecule has 0 aliphatic rings. The molecule has 0 aliphatic carbocycles. The monoisotopic (exact) mass is 353 g/mol. The van der Waals surface area contributed by atoms with Crippen molar-refractivity contribution in [3.8, 4) is 11.5 Å². The van der Waals surface area contributed by atoms with E-state index in [0.717, 1.165) is 28.3 Å². The van der Waals surface area contributed by atoms with Crippen molar-refractivity contribution in [2.75, 3.05) is 19.5 Å². The standard InChI is InChI=1S/C16H17BrFNO2/c1-10-6-13(17)14(18)8-15(10)19-9-11-7-12(20-2)4-5-16(11)21-3/h4-8,19H,9H2,1-3H3. The van der Waals surface area contributed by atoms with E-state index in [1.165, 1.54) is 6.07 Å². The van der Waals surface area contributed by atoms with Crippen LogP contribution in [0.1, 0.15) is 11.1 Å². The van der Waals surface area contributed by atoms with E-state index in [0.29, 0.717) is 11.0 Å². The lowest BCUT2D eigenvalue weighted by atomic mass is 10.1. The van der Waals surface area contributed by atoms with Gasteiger partial charge in [-0.15, -0.1) is 0 Å². The molecule has 0 aromatic heterocycles. The van der Waals surface area contributed by atoms with E-state index in [2.05, 4.69) is 21.2 Å². The number of hydrogen-bond donors (Lipinski definition) is 1. The molecule has 0 amide bonds. The van der Waals surface area contributed by atoms with E-state index >= 15 is 0 Å². The molecule has 5 heteroatoms. The Labute approximate surface area is 132 Å². The zero-order valence-electron chi connectivity index (χ0n) is 12.2. The Kier molecular flexibility index (Phi) is 5.07. The van der Waals surface area contributed by atoms with E-state index in [1.807, 2.05) is 25.1 Å². The first-order valence-electron chi connectivity index (χ1n) is 6.45. The quantitative estimate of drug-likeness (QED) is 0.856. The van der Waals surface area contributed by atoms with E-state index in [4.69, 9.17) is 9.47 Å². The van der Waals surface area contributed by atoms with Crippen LogP contribution in [0.3, 0.4) is 0 Å². The molecule has 0 aliphatic heterocycles. The second-order valence-corrected chi connectivity index (χ2v) is 5.47. The molecule has 0 heterocycles. The maximum absolute atomic E-state index is 13.6. The molecule has 2 rings (SSSR count). The highest BCUT2D eigenvalue weighted by atomic mass is 79.9. The zero-order chi connectivity index (χ0) is 15.4. The molecule has 0 fully saturated rings. The molecule has 3 nitrogen and oxygen atoms in total. The van der Waals surface area contributed by atoms with Crippen LogP contribution in [0.4, 0.5) is 10.1 Å². The van der Waals surface area contributed by atoms with Crippen molar-refractivity contribution in [3.63, 3.8) is 0 Å². The van der Waals surface area contributed by atoms with Crippen molar-refractivity contribution in [2.24, 2.45) is 0 Å². The molecule has 112 valence electrons. The van der Waals surface area contributed by atoms with Crippen LogP contribution in [0.5, 0.6) is 11.5 Å². The van der Waals surface area contributed by atoms with Crippen molar-refractivity contribution in [1.82, 2.24) is 0 Å². The highest BCUT2D eigenvalue weighted by Gasteiger charge is 2.08. The summed E-state index contributed by atoms with van der Waals surface area (Å²) in [4.78, 5) is 0. The Morgan fingerprint density at radius 1 is 1.14 bits per heavy atom. The largest absolute Gasteiger partial charge is 0.497 e. The molecule has 0 radical (unpaired) electrons. The van der Waals surface area contributed by atoms with Crippen LogP contribution in [0.15, 0.2) is 34.8 Å². The highest BCUT2D eigenvalue weighted by Crippen LogP contribution is 2.27. The fraction of sp³-hybridized carbons (Fsp3) is 0.250. The van der Waals surface area contributed by atoms with Gasteiger partial charge in [-0.2, -0.15) is 0 Å². The van der Waals surface area contributed by atoms with Gasteiger partial charge in [0, 0.05) is 17.8 Å². The van der Waals surface area contributed by atoms with Crippen LogP contribution >= 0.6 is 15.9 Å². The molecular formula is C16H17BrFNO2. The summed E-state index contributed by atoms with van der Waals surface area (Å²) in [5.41, 5.74) is 2.66. The zero-order valence-corrected chi connectivity index (χ0v) is 13.8. The third kappa shape index (κ3) is 3.67. The summed E-state index contributed by atoms with van der Waals surface area (Å²) in [7, 11) is 3.24. The summed E-state index contributed by atoms with van der Waals surface area (Å²) >= 11 is 3.18. The molecule has 0 unspecified atom stereocenters. The minimum absolute atomic E-state index is 0.291. The van der Waals surface area contributed by atoms with Crippen LogP contribution in [0.25, 0.3) is 0 Å². The molecule has 2 aromatic rings. The maximum Gasteiger partial charge on any atom is 0.139 e. The first-order chi connectivity index (χ1) is 10.0. The van der Waals surface area contributed by atoms with E-state index in [-0.39, 0.29) is 5.82 Å². The molecule has 0 saturated carbocycles. The van der Waals surface area contributed by atoms with Gasteiger partial charge in [0.25, 0.3) is 0 Å². The number of nitrogens with one attached hydrogen (secondary N) is 1. The molecule has 0 spiro atoms. The number of ether oxygens (including phenoxy) is 2. The molecule has 0 bridgehead atoms. The fourth-order valence-corrected chi connectivity index (χ4v) is 2.51. The minimum atomic E-state index is -0.291. The average molecular weight is 354 g/mol. The number of aryl methyl sites for hydroxylation is 1. The third-order valence-electron chi connectivity index (χ3n) is 3.22. The lowest BCUT2D eigenvalue weighted by Crippen LogP contribution is -2.04. The fourth-order valence-electron chi connectivity index (χ4n) is 2.05. The molecule has 0 saturated heterocycles. The number of hydrogen-bond acceptors (Lipinski definition) is 3. The normalized spacial score (nSPS) is 10.3. The van der Waals surface area contributed by atoms with Crippen LogP contribution < -0.4 is 14.8 Å². The van der Waals surface area contributed by atoms with Crippen molar-refractivity contribution < 1.29 is 13.9 Å². The van der Waals surface area contributed by atoms with Crippen molar-refractivity contribution in [1.29, 1.82) is 0 Å². The van der Waals surface area contributed by atoms with Gasteiger partial charge in [-0.1, -0.05) is 0 Å². The first-order valence-corrected chi connectivity index (χ1v) is 7.25. The Morgan fingerprint density at radius 2 is 1.90 bits per heavy atom. The predicted molar refractivity (Wildman–Crippen MR) is 85.7 cm³/mol. The first kappa shape index (κ1) is 15.6. The van der Waals surface area contributed by atoms with Gasteiger partial charge in [-0.3, -0.25) is 0 Å². The summed E-state index contributed by atoms with van der Waals surface area (Å²) in [5.74, 6) is 1.23. The van der Waals surface area contributed by atoms with Gasteiger partial charge in [0.1, 0.15) is 17.3 Å². The van der Waals surface area contributed by atoms with E-state index < -0.39 is 0 Å². The highest BCUT2D eigenvalue weighted by molar-refractivity contribution is 9.10. The van der Waals surface area contributed by atoms with Crippen molar-refractivity contribution in [3.05, 3.63) is 51.7 Å². The Bertz CT molecular complexity index is 646. The van der Waals surface area contributed by atoms with Gasteiger partial charge >= 0.3 is 0 Å². The SMILES string of the molecule is COc1ccc(OC)c(CNc2cc(F)c(Br)cc2C)c1. The molecule has 1 N–H and O–H groups in total. The van der Waals surface area contributed by atoms with Gasteiger partial charge in [0.2, 0.25) is 0 Å². The maximum atomic E-state index is 13.6. The summed E-state index contributed by atoms with van der Waals surface area (Å²) in [6.45, 7) is 2.44. The van der Waals surface area contributed by atoms with Gasteiger partial charge in [-0.05, 0) is 58.7 Å². The summed E-state index contributed by atoms with van der Waals surface area (Å²) < 4.78 is 24.6. The summed E-state index contributed by atoms with van der Waals surface area (Å²) in [6.07, 6.45) is 0. The average Bonchev–Trinajstić information content (AvgIpc) is 2.49. The number of halogens is 2. The van der Waals surface area contributed by atoms with E-state index in [9.17, 15) is 4.39 Å². The second-order valence-electron chi connectivity index (χ2n) is 4.61. The lowest BCUT2D eigenvalue weighted by Gasteiger charge is -2.14. The Morgan fingerprint density at radius 3 is 2.57 bits per heavy atom. The number of benzene rings is 2. The topological polar surface area (TPSA) is 30.5 Å². The lowest BCUT2D eigenvalue weighted by molar-refractivity contribution is 0.399. The number of anilines is 1. The molecule has 21 heavy (non-hydrogen) atoms. The second kappa shape index (κ2) is 6.80. The summed E-state index contributed by atoms with van der Waals surface area (Å²) in [6, 6.07) is 8.82. The van der Waals surface area contributed by atoms with Crippen LogP contribution in [-0.2, 0) is 6.54 Å². The van der Waals surface area contributed by atoms with Crippen molar-refractivity contribution >= 4 is 21.6 Å². The third-order valence-corrected chi connectivity index (χ3v) is 3.83. The van der Waals surface area contributed by atoms with Crippen LogP contribution in [0, 0.1) is 12.7 Å². The minimum Gasteiger partial charge on any atom is -0.497 e. The van der Waals surface area contributed by atoms with Gasteiger partial charge < -0.3 is 14.8 Å². The Hall–Kier alpha value is -1.75. The van der Waals surface area contributed by atoms with Gasteiger partial charge in [-0.25, -0.2) is 4.39 Å². The Balaban J connectivity index is 2.21. The number of rotatable bonds is 5. The molecule has 2 aromatic carbocycles.